The Balaban J connectivity index is 1.69. The first-order valence-corrected chi connectivity index (χ1v) is 9.90. The van der Waals surface area contributed by atoms with Gasteiger partial charge in [0.1, 0.15) is 0 Å². The van der Waals surface area contributed by atoms with E-state index >= 15 is 0 Å². The number of imidazole rings is 1. The van der Waals surface area contributed by atoms with E-state index in [2.05, 4.69) is 56.5 Å². The van der Waals surface area contributed by atoms with Crippen molar-refractivity contribution in [3.05, 3.63) is 46.8 Å². The molecule has 1 aliphatic rings. The van der Waals surface area contributed by atoms with Crippen molar-refractivity contribution in [1.29, 1.82) is 0 Å². The van der Waals surface area contributed by atoms with Crippen LogP contribution in [-0.2, 0) is 17.0 Å². The fraction of sp³-hybridized carbons (Fsp3) is 0.550. The lowest BCUT2D eigenvalue weighted by Crippen LogP contribution is -2.16. The van der Waals surface area contributed by atoms with Crippen LogP contribution in [0.5, 0.6) is 0 Å². The van der Waals surface area contributed by atoms with E-state index < -0.39 is 0 Å². The van der Waals surface area contributed by atoms with Gasteiger partial charge in [0, 0.05) is 18.1 Å². The van der Waals surface area contributed by atoms with Crippen LogP contribution < -0.4 is 0 Å². The molecule has 2 heterocycles. The van der Waals surface area contributed by atoms with Crippen LogP contribution in [-0.4, -0.2) is 22.3 Å². The van der Waals surface area contributed by atoms with Crippen molar-refractivity contribution >= 4 is 11.8 Å². The molecule has 2 aromatic rings. The van der Waals surface area contributed by atoms with Gasteiger partial charge in [-0.3, -0.25) is 0 Å². The molecule has 0 saturated carbocycles. The minimum Gasteiger partial charge on any atom is -0.376 e. The highest BCUT2D eigenvalue weighted by Crippen LogP contribution is 2.27. The van der Waals surface area contributed by atoms with Gasteiger partial charge in [0.25, 0.3) is 0 Å². The zero-order valence-electron chi connectivity index (χ0n) is 15.2. The maximum Gasteiger partial charge on any atom is 0.168 e. The average Bonchev–Trinajstić information content (AvgIpc) is 3.17. The number of ether oxygens (including phenoxy) is 1. The van der Waals surface area contributed by atoms with Gasteiger partial charge in [-0.05, 0) is 43.7 Å². The summed E-state index contributed by atoms with van der Waals surface area (Å²) in [6, 6.07) is 8.98. The zero-order valence-corrected chi connectivity index (χ0v) is 16.0. The summed E-state index contributed by atoms with van der Waals surface area (Å²) in [5, 5.41) is 1.12. The Hall–Kier alpha value is -1.26. The number of aromatic nitrogens is 2. The van der Waals surface area contributed by atoms with Gasteiger partial charge in [-0.1, -0.05) is 49.9 Å². The number of rotatable bonds is 6. The Labute approximate surface area is 149 Å². The molecule has 1 saturated heterocycles. The van der Waals surface area contributed by atoms with Crippen molar-refractivity contribution in [2.24, 2.45) is 0 Å². The summed E-state index contributed by atoms with van der Waals surface area (Å²) in [7, 11) is 0. The predicted octanol–water partition coefficient (Wildman–Crippen LogP) is 5.09. The SMILES string of the molecule is Cc1nc(SCc2ccc(C(C)C)cc2)n(C[C@@H]2CCCO2)c1C. The van der Waals surface area contributed by atoms with Crippen LogP contribution in [0.2, 0.25) is 0 Å². The van der Waals surface area contributed by atoms with E-state index in [0.717, 1.165) is 36.2 Å². The van der Waals surface area contributed by atoms with Crippen LogP contribution >= 0.6 is 11.8 Å². The quantitative estimate of drug-likeness (QED) is 0.683. The van der Waals surface area contributed by atoms with Crippen LogP contribution in [0.3, 0.4) is 0 Å². The van der Waals surface area contributed by atoms with Crippen molar-refractivity contribution < 1.29 is 4.74 Å². The molecule has 0 spiro atoms. The molecule has 3 rings (SSSR count). The fourth-order valence-electron chi connectivity index (χ4n) is 3.09. The van der Waals surface area contributed by atoms with Crippen molar-refractivity contribution in [2.75, 3.05) is 6.61 Å². The van der Waals surface area contributed by atoms with Gasteiger partial charge in [0.2, 0.25) is 0 Å². The molecule has 1 aromatic heterocycles. The lowest BCUT2D eigenvalue weighted by Gasteiger charge is -2.14. The molecule has 0 amide bonds. The van der Waals surface area contributed by atoms with Gasteiger partial charge in [-0.15, -0.1) is 0 Å². The van der Waals surface area contributed by atoms with Gasteiger partial charge in [0.05, 0.1) is 18.3 Å². The van der Waals surface area contributed by atoms with Gasteiger partial charge in [-0.2, -0.15) is 0 Å². The molecule has 0 aliphatic carbocycles. The van der Waals surface area contributed by atoms with Crippen molar-refractivity contribution in [2.45, 2.75) is 70.0 Å². The Morgan fingerprint density at radius 2 is 2.00 bits per heavy atom. The summed E-state index contributed by atoms with van der Waals surface area (Å²) in [6.07, 6.45) is 2.70. The van der Waals surface area contributed by atoms with E-state index in [4.69, 9.17) is 9.72 Å². The number of hydrogen-bond donors (Lipinski definition) is 0. The number of hydrogen-bond acceptors (Lipinski definition) is 3. The molecule has 0 radical (unpaired) electrons. The highest BCUT2D eigenvalue weighted by atomic mass is 32.2. The normalized spacial score (nSPS) is 17.8. The topological polar surface area (TPSA) is 27.1 Å². The molecule has 1 aliphatic heterocycles. The maximum absolute atomic E-state index is 5.82. The van der Waals surface area contributed by atoms with E-state index in [1.807, 2.05) is 11.8 Å². The smallest absolute Gasteiger partial charge is 0.168 e. The molecule has 130 valence electrons. The molecule has 0 bridgehead atoms. The fourth-order valence-corrected chi connectivity index (χ4v) is 4.14. The predicted molar refractivity (Wildman–Crippen MR) is 101 cm³/mol. The average molecular weight is 345 g/mol. The molecule has 24 heavy (non-hydrogen) atoms. The van der Waals surface area contributed by atoms with E-state index in [1.54, 1.807) is 0 Å². The Morgan fingerprint density at radius 3 is 2.62 bits per heavy atom. The molecule has 1 aromatic carbocycles. The Morgan fingerprint density at radius 1 is 1.25 bits per heavy atom. The third-order valence-electron chi connectivity index (χ3n) is 4.85. The number of benzene rings is 1. The summed E-state index contributed by atoms with van der Waals surface area (Å²) in [5.41, 5.74) is 5.15. The van der Waals surface area contributed by atoms with Gasteiger partial charge in [-0.25, -0.2) is 4.98 Å². The van der Waals surface area contributed by atoms with Crippen LogP contribution in [0.25, 0.3) is 0 Å². The molecule has 3 nitrogen and oxygen atoms in total. The highest BCUT2D eigenvalue weighted by molar-refractivity contribution is 7.98. The van der Waals surface area contributed by atoms with Gasteiger partial charge >= 0.3 is 0 Å². The minimum atomic E-state index is 0.349. The van der Waals surface area contributed by atoms with Crippen molar-refractivity contribution in [1.82, 2.24) is 9.55 Å². The Bertz CT molecular complexity index is 670. The Kier molecular flexibility index (Phi) is 5.67. The summed E-state index contributed by atoms with van der Waals surface area (Å²) in [6.45, 7) is 10.6. The maximum atomic E-state index is 5.82. The number of thioether (sulfide) groups is 1. The summed E-state index contributed by atoms with van der Waals surface area (Å²) in [4.78, 5) is 4.78. The minimum absolute atomic E-state index is 0.349. The molecule has 0 N–H and O–H groups in total. The molecule has 1 atom stereocenters. The van der Waals surface area contributed by atoms with E-state index in [0.29, 0.717) is 12.0 Å². The second-order valence-electron chi connectivity index (χ2n) is 7.00. The lowest BCUT2D eigenvalue weighted by atomic mass is 10.0. The van der Waals surface area contributed by atoms with Gasteiger partial charge in [0.15, 0.2) is 5.16 Å². The summed E-state index contributed by atoms with van der Waals surface area (Å²) in [5.74, 6) is 1.54. The molecule has 0 unspecified atom stereocenters. The van der Waals surface area contributed by atoms with E-state index in [-0.39, 0.29) is 0 Å². The third-order valence-corrected chi connectivity index (χ3v) is 5.89. The monoisotopic (exact) mass is 344 g/mol. The standard InChI is InChI=1S/C20H28N2OS/c1-14(2)18-9-7-17(8-10-18)13-24-20-21-15(3)16(4)22(20)12-19-6-5-11-23-19/h7-10,14,19H,5-6,11-13H2,1-4H3/t19-/m0/s1. The van der Waals surface area contributed by atoms with Crippen LogP contribution in [0, 0.1) is 13.8 Å². The highest BCUT2D eigenvalue weighted by Gasteiger charge is 2.20. The van der Waals surface area contributed by atoms with Gasteiger partial charge < -0.3 is 9.30 Å². The number of aryl methyl sites for hydroxylation is 1. The zero-order chi connectivity index (χ0) is 17.1. The van der Waals surface area contributed by atoms with E-state index in [1.165, 1.54) is 23.2 Å². The first-order valence-electron chi connectivity index (χ1n) is 8.91. The molecular weight excluding hydrogens is 316 g/mol. The summed E-state index contributed by atoms with van der Waals surface area (Å²) < 4.78 is 8.16. The van der Waals surface area contributed by atoms with Crippen LogP contribution in [0.1, 0.15) is 55.1 Å². The molecule has 1 fully saturated rings. The lowest BCUT2D eigenvalue weighted by molar-refractivity contribution is 0.0945. The second-order valence-corrected chi connectivity index (χ2v) is 7.94. The van der Waals surface area contributed by atoms with Crippen LogP contribution in [0.4, 0.5) is 0 Å². The first kappa shape index (κ1) is 17.6. The molecular formula is C20H28N2OS. The largest absolute Gasteiger partial charge is 0.376 e. The van der Waals surface area contributed by atoms with Crippen molar-refractivity contribution in [3.8, 4) is 0 Å². The number of nitrogens with zero attached hydrogens (tertiary/aromatic N) is 2. The van der Waals surface area contributed by atoms with E-state index in [9.17, 15) is 0 Å². The first-order chi connectivity index (χ1) is 11.5. The summed E-state index contributed by atoms with van der Waals surface area (Å²) >= 11 is 1.83. The van der Waals surface area contributed by atoms with Crippen LogP contribution in [0.15, 0.2) is 29.4 Å². The second kappa shape index (κ2) is 7.75. The third kappa shape index (κ3) is 4.04. The molecule has 4 heteroatoms. The van der Waals surface area contributed by atoms with Crippen molar-refractivity contribution in [3.63, 3.8) is 0 Å².